The Bertz CT molecular complexity index is 1060. The van der Waals surface area contributed by atoms with Crippen LogP contribution in [0.5, 0.6) is 0 Å². The third-order valence-electron chi connectivity index (χ3n) is 5.44. The Morgan fingerprint density at radius 2 is 1.97 bits per heavy atom. The first kappa shape index (κ1) is 24.1. The van der Waals surface area contributed by atoms with Crippen LogP contribution >= 0.6 is 22.7 Å². The van der Waals surface area contributed by atoms with E-state index in [1.54, 1.807) is 27.9 Å². The number of nitrogens with zero attached hydrogens (tertiary/aromatic N) is 3. The van der Waals surface area contributed by atoms with E-state index in [1.807, 2.05) is 22.9 Å². The lowest BCUT2D eigenvalue weighted by atomic mass is 10.2. The molecular formula is C23H28N6O3S2. The van der Waals surface area contributed by atoms with Gasteiger partial charge in [-0.05, 0) is 29.5 Å². The van der Waals surface area contributed by atoms with Gasteiger partial charge in [-0.1, -0.05) is 6.07 Å². The number of aromatic nitrogens is 1. The van der Waals surface area contributed by atoms with E-state index in [1.165, 1.54) is 22.7 Å². The van der Waals surface area contributed by atoms with Crippen molar-refractivity contribution in [3.63, 3.8) is 0 Å². The van der Waals surface area contributed by atoms with E-state index in [-0.39, 0.29) is 17.6 Å². The van der Waals surface area contributed by atoms with Gasteiger partial charge in [0, 0.05) is 55.1 Å². The van der Waals surface area contributed by atoms with Crippen molar-refractivity contribution in [1.82, 2.24) is 14.8 Å². The molecule has 0 bridgehead atoms. The number of urea groups is 1. The van der Waals surface area contributed by atoms with Crippen LogP contribution in [0.4, 0.5) is 21.9 Å². The minimum Gasteiger partial charge on any atom is -0.396 e. The van der Waals surface area contributed by atoms with Crippen molar-refractivity contribution in [3.05, 3.63) is 57.2 Å². The van der Waals surface area contributed by atoms with E-state index in [0.717, 1.165) is 50.5 Å². The van der Waals surface area contributed by atoms with Crippen LogP contribution in [0.1, 0.15) is 22.5 Å². The third-order valence-corrected chi connectivity index (χ3v) is 6.88. The average molecular weight is 501 g/mol. The number of nitrogens with two attached hydrogens (primary N) is 1. The molecule has 4 rings (SSSR count). The van der Waals surface area contributed by atoms with Crippen molar-refractivity contribution in [1.29, 1.82) is 0 Å². The van der Waals surface area contributed by atoms with Gasteiger partial charge < -0.3 is 26.0 Å². The molecule has 11 heteroatoms. The number of hydrogen-bond donors (Lipinski definition) is 3. The summed E-state index contributed by atoms with van der Waals surface area (Å²) in [4.78, 5) is 33.9. The molecule has 34 heavy (non-hydrogen) atoms. The summed E-state index contributed by atoms with van der Waals surface area (Å²) in [6.45, 7) is 5.27. The molecule has 0 unspecified atom stereocenters. The molecule has 3 aromatic rings. The van der Waals surface area contributed by atoms with Crippen LogP contribution in [-0.2, 0) is 11.3 Å². The second-order valence-electron chi connectivity index (χ2n) is 7.92. The Labute approximate surface area is 206 Å². The molecule has 1 aliphatic heterocycles. The minimum atomic E-state index is -0.325. The van der Waals surface area contributed by atoms with E-state index < -0.39 is 0 Å². The number of morpholine rings is 1. The van der Waals surface area contributed by atoms with E-state index in [0.29, 0.717) is 24.5 Å². The van der Waals surface area contributed by atoms with Crippen molar-refractivity contribution in [2.24, 2.45) is 0 Å². The maximum Gasteiger partial charge on any atom is 0.322 e. The smallest absolute Gasteiger partial charge is 0.322 e. The summed E-state index contributed by atoms with van der Waals surface area (Å²) in [6, 6.07) is 5.21. The molecule has 1 fully saturated rings. The SMILES string of the molecule is Nc1cscc1NC(=O)c1ccc(CN(CCCN2CCOCC2)C(=O)Nc2ccsc2)cn1. The standard InChI is InChI=1S/C23H28N6O3S2/c24-19-15-34-16-21(19)27-22(30)20-3-2-17(12-25-20)13-29(23(31)26-18-4-11-33-14-18)6-1-5-28-7-9-32-10-8-28/h2-4,11-12,14-16H,1,5-10,13,24H2,(H,26,31)(H,27,30). The zero-order valence-corrected chi connectivity index (χ0v) is 20.4. The first-order valence-electron chi connectivity index (χ1n) is 11.0. The number of carbonyl (C=O) groups excluding carboxylic acids is 2. The largest absolute Gasteiger partial charge is 0.396 e. The molecule has 4 N–H and O–H groups in total. The topological polar surface area (TPSA) is 113 Å². The lowest BCUT2D eigenvalue weighted by molar-refractivity contribution is 0.0365. The van der Waals surface area contributed by atoms with Gasteiger partial charge in [-0.3, -0.25) is 14.7 Å². The highest BCUT2D eigenvalue weighted by molar-refractivity contribution is 7.09. The first-order chi connectivity index (χ1) is 16.6. The number of ether oxygens (including phenoxy) is 1. The van der Waals surface area contributed by atoms with Crippen molar-refractivity contribution in [2.45, 2.75) is 13.0 Å². The second-order valence-corrected chi connectivity index (χ2v) is 9.44. The molecule has 0 aliphatic carbocycles. The number of amides is 3. The van der Waals surface area contributed by atoms with E-state index in [9.17, 15) is 9.59 Å². The Balaban J connectivity index is 1.37. The number of rotatable bonds is 9. The van der Waals surface area contributed by atoms with Gasteiger partial charge in [0.1, 0.15) is 5.69 Å². The fourth-order valence-corrected chi connectivity index (χ4v) is 4.83. The quantitative estimate of drug-likeness (QED) is 0.412. The highest BCUT2D eigenvalue weighted by atomic mass is 32.1. The maximum absolute atomic E-state index is 13.0. The van der Waals surface area contributed by atoms with Crippen molar-refractivity contribution in [3.8, 4) is 0 Å². The Morgan fingerprint density at radius 1 is 1.12 bits per heavy atom. The molecule has 180 valence electrons. The van der Waals surface area contributed by atoms with Crippen LogP contribution in [0.2, 0.25) is 0 Å². The summed E-state index contributed by atoms with van der Waals surface area (Å²) in [5.74, 6) is -0.325. The zero-order valence-electron chi connectivity index (χ0n) is 18.7. The van der Waals surface area contributed by atoms with Crippen LogP contribution < -0.4 is 16.4 Å². The second kappa shape index (κ2) is 11.9. The predicted octanol–water partition coefficient (Wildman–Crippen LogP) is 3.80. The highest BCUT2D eigenvalue weighted by Gasteiger charge is 2.17. The summed E-state index contributed by atoms with van der Waals surface area (Å²) in [6.07, 6.45) is 2.49. The highest BCUT2D eigenvalue weighted by Crippen LogP contribution is 2.23. The van der Waals surface area contributed by atoms with Gasteiger partial charge in [0.25, 0.3) is 5.91 Å². The molecule has 4 heterocycles. The number of nitrogen functional groups attached to an aromatic ring is 1. The van der Waals surface area contributed by atoms with Gasteiger partial charge in [0.2, 0.25) is 0 Å². The molecular weight excluding hydrogens is 472 g/mol. The molecule has 0 radical (unpaired) electrons. The number of hydrogen-bond acceptors (Lipinski definition) is 8. The van der Waals surface area contributed by atoms with Gasteiger partial charge in [-0.15, -0.1) is 11.3 Å². The van der Waals surface area contributed by atoms with E-state index >= 15 is 0 Å². The van der Waals surface area contributed by atoms with E-state index in [4.69, 9.17) is 10.5 Å². The van der Waals surface area contributed by atoms with Gasteiger partial charge >= 0.3 is 6.03 Å². The lowest BCUT2D eigenvalue weighted by Gasteiger charge is -2.28. The van der Waals surface area contributed by atoms with Crippen molar-refractivity contribution < 1.29 is 14.3 Å². The number of anilines is 3. The number of pyridine rings is 1. The molecule has 1 saturated heterocycles. The lowest BCUT2D eigenvalue weighted by Crippen LogP contribution is -2.40. The number of carbonyl (C=O) groups is 2. The maximum atomic E-state index is 13.0. The van der Waals surface area contributed by atoms with E-state index in [2.05, 4.69) is 20.5 Å². The minimum absolute atomic E-state index is 0.157. The summed E-state index contributed by atoms with van der Waals surface area (Å²) >= 11 is 2.95. The fourth-order valence-electron chi connectivity index (χ4n) is 3.57. The van der Waals surface area contributed by atoms with Crippen molar-refractivity contribution in [2.75, 3.05) is 55.8 Å². The molecule has 0 aromatic carbocycles. The first-order valence-corrected chi connectivity index (χ1v) is 12.9. The summed E-state index contributed by atoms with van der Waals surface area (Å²) in [5, 5.41) is 13.1. The molecule has 1 aliphatic rings. The van der Waals surface area contributed by atoms with Gasteiger partial charge in [-0.2, -0.15) is 11.3 Å². The molecule has 9 nitrogen and oxygen atoms in total. The molecule has 3 amide bonds. The molecule has 3 aromatic heterocycles. The zero-order chi connectivity index (χ0) is 23.8. The van der Waals surface area contributed by atoms with Crippen LogP contribution in [0.15, 0.2) is 45.9 Å². The van der Waals surface area contributed by atoms with Gasteiger partial charge in [0.15, 0.2) is 0 Å². The van der Waals surface area contributed by atoms with Crippen LogP contribution in [0.25, 0.3) is 0 Å². The van der Waals surface area contributed by atoms with Crippen molar-refractivity contribution >= 4 is 51.7 Å². The normalized spacial score (nSPS) is 14.0. The van der Waals surface area contributed by atoms with Gasteiger partial charge in [-0.25, -0.2) is 4.79 Å². The summed E-state index contributed by atoms with van der Waals surface area (Å²) < 4.78 is 5.41. The monoisotopic (exact) mass is 500 g/mol. The summed E-state index contributed by atoms with van der Waals surface area (Å²) in [7, 11) is 0. The molecule has 0 spiro atoms. The van der Waals surface area contributed by atoms with Crippen LogP contribution in [0, 0.1) is 0 Å². The summed E-state index contributed by atoms with van der Waals surface area (Å²) in [5.41, 5.74) is 8.86. The fraction of sp³-hybridized carbons (Fsp3) is 0.348. The third kappa shape index (κ3) is 6.76. The predicted molar refractivity (Wildman–Crippen MR) is 137 cm³/mol. The average Bonchev–Trinajstić information content (AvgIpc) is 3.51. The molecule has 0 atom stereocenters. The number of nitrogens with one attached hydrogen (secondary N) is 2. The van der Waals surface area contributed by atoms with Crippen LogP contribution in [-0.4, -0.2) is 66.1 Å². The molecule has 0 saturated carbocycles. The Morgan fingerprint density at radius 3 is 2.65 bits per heavy atom. The Hall–Kier alpha value is -2.99. The van der Waals surface area contributed by atoms with Gasteiger partial charge in [0.05, 0.1) is 30.3 Å². The Kier molecular flexibility index (Phi) is 8.47. The number of thiophene rings is 2. The van der Waals surface area contributed by atoms with Crippen LogP contribution in [0.3, 0.4) is 0 Å².